The van der Waals surface area contributed by atoms with Crippen LogP contribution in [-0.2, 0) is 26.2 Å². The molecule has 0 spiro atoms. The first-order valence-corrected chi connectivity index (χ1v) is 28.9. The van der Waals surface area contributed by atoms with Gasteiger partial charge in [-0.2, -0.15) is 0 Å². The van der Waals surface area contributed by atoms with Gasteiger partial charge in [0.1, 0.15) is 46.0 Å². The Morgan fingerprint density at radius 2 is 0.382 bits per heavy atom. The number of fused-ring (bicyclic) bond motifs is 8. The molecule has 0 amide bonds. The zero-order valence-electron chi connectivity index (χ0n) is 50.3. The third kappa shape index (κ3) is 12.1. The van der Waals surface area contributed by atoms with Crippen LogP contribution in [0, 0.1) is 0 Å². The molecule has 8 bridgehead atoms. The Kier molecular flexibility index (Phi) is 20.6. The van der Waals surface area contributed by atoms with E-state index in [2.05, 4.69) is 130 Å². The molecular formula is C64H100N4O8. The minimum atomic E-state index is -0.683. The van der Waals surface area contributed by atoms with Gasteiger partial charge in [-0.3, -0.25) is 19.6 Å². The first-order valence-electron chi connectivity index (χ1n) is 28.9. The van der Waals surface area contributed by atoms with E-state index in [0.29, 0.717) is 92.4 Å². The Bertz CT molecular complexity index is 2130. The van der Waals surface area contributed by atoms with Crippen molar-refractivity contribution in [1.82, 2.24) is 19.6 Å². The van der Waals surface area contributed by atoms with Crippen molar-refractivity contribution in [2.75, 3.05) is 0 Å². The molecular weight excluding hydrogens is 953 g/mol. The van der Waals surface area contributed by atoms with Crippen molar-refractivity contribution < 1.29 is 40.9 Å². The standard InChI is InChI=1S/C64H100N4O8/c1-21-41-45-25-47(59(71)53(57(45)69)29-65(33(5)6)34(7)8)42(22-2)49-27-51(63(75)55(61(49)73)31-67(37(13)14)38(15)16)44(24-4)52-28-50(62(74)56(64(52)76)32-68(39(17)18)40(19)20)43(23-3)48-26-46(41)58(70)54(60(48)72)30-66(35(9)10)36(11)12/h25-28,33-44,69-76H,21-24,29-32H2,1-20H3. The van der Waals surface area contributed by atoms with E-state index in [-0.39, 0.29) is 121 Å². The second-order valence-corrected chi connectivity index (χ2v) is 24.2. The van der Waals surface area contributed by atoms with Crippen LogP contribution in [0.2, 0.25) is 0 Å². The van der Waals surface area contributed by atoms with Crippen LogP contribution in [0.3, 0.4) is 0 Å². The van der Waals surface area contributed by atoms with Gasteiger partial charge in [0.2, 0.25) is 0 Å². The first-order chi connectivity index (χ1) is 35.5. The molecule has 0 saturated heterocycles. The normalized spacial score (nSPS) is 17.4. The molecule has 1 aliphatic carbocycles. The Balaban J connectivity index is 2.17. The van der Waals surface area contributed by atoms with Crippen LogP contribution in [0.15, 0.2) is 24.3 Å². The zero-order chi connectivity index (χ0) is 57.3. The molecule has 424 valence electrons. The Morgan fingerprint density at radius 1 is 0.263 bits per heavy atom. The third-order valence-electron chi connectivity index (χ3n) is 17.0. The molecule has 5 rings (SSSR count). The monoisotopic (exact) mass is 1050 g/mol. The molecule has 0 atom stereocenters. The summed E-state index contributed by atoms with van der Waals surface area (Å²) in [6.07, 6.45) is 1.59. The highest BCUT2D eigenvalue weighted by atomic mass is 16.3. The molecule has 0 aromatic heterocycles. The molecule has 1 aliphatic rings. The average Bonchev–Trinajstić information content (AvgIpc) is 3.32. The van der Waals surface area contributed by atoms with Crippen molar-refractivity contribution >= 4 is 0 Å². The molecule has 12 heteroatoms. The second-order valence-electron chi connectivity index (χ2n) is 24.2. The third-order valence-corrected chi connectivity index (χ3v) is 17.0. The van der Waals surface area contributed by atoms with Gasteiger partial charge in [0.05, 0.1) is 22.3 Å². The lowest BCUT2D eigenvalue weighted by Gasteiger charge is -2.35. The Hall–Kier alpha value is -4.88. The van der Waals surface area contributed by atoms with Gasteiger partial charge in [-0.25, -0.2) is 0 Å². The van der Waals surface area contributed by atoms with E-state index in [1.165, 1.54) is 0 Å². The molecule has 0 fully saturated rings. The van der Waals surface area contributed by atoms with Gasteiger partial charge >= 0.3 is 0 Å². The fourth-order valence-corrected chi connectivity index (χ4v) is 12.8. The van der Waals surface area contributed by atoms with Gasteiger partial charge in [-0.1, -0.05) is 27.7 Å². The average molecular weight is 1050 g/mol. The zero-order valence-corrected chi connectivity index (χ0v) is 50.3. The second kappa shape index (κ2) is 25.3. The summed E-state index contributed by atoms with van der Waals surface area (Å²) in [5.74, 6) is -3.50. The molecule has 0 heterocycles. The summed E-state index contributed by atoms with van der Waals surface area (Å²) in [4.78, 5) is 8.82. The molecule has 0 saturated carbocycles. The van der Waals surface area contributed by atoms with Gasteiger partial charge in [0.15, 0.2) is 0 Å². The van der Waals surface area contributed by atoms with E-state index in [4.69, 9.17) is 0 Å². The van der Waals surface area contributed by atoms with Crippen molar-refractivity contribution in [3.8, 4) is 46.0 Å². The van der Waals surface area contributed by atoms with Gasteiger partial charge in [-0.05, 0) is 161 Å². The SMILES string of the molecule is CCC1c2cc(c(O)c(CN(C(C)C)C(C)C)c2O)C(CC)c2cc(c(O)c(CN(C(C)C)C(C)C)c2O)C(CC)c2cc(c(O)c(CN(C(C)C)C(C)C)c2O)C(CC)c2cc1c(O)c(CN(C(C)C)C(C)C)c2O. The first kappa shape index (κ1) is 62.0. The van der Waals surface area contributed by atoms with E-state index in [0.717, 1.165) is 0 Å². The van der Waals surface area contributed by atoms with Crippen LogP contribution in [0.5, 0.6) is 46.0 Å². The number of aromatic hydroxyl groups is 8. The summed E-state index contributed by atoms with van der Waals surface area (Å²) in [5.41, 5.74) is 5.16. The minimum absolute atomic E-state index is 0.0360. The van der Waals surface area contributed by atoms with E-state index in [1.54, 1.807) is 0 Å². The maximum Gasteiger partial charge on any atom is 0.127 e. The van der Waals surface area contributed by atoms with E-state index in [9.17, 15) is 40.9 Å². The largest absolute Gasteiger partial charge is 0.507 e. The molecule has 0 radical (unpaired) electrons. The van der Waals surface area contributed by atoms with Crippen molar-refractivity contribution in [2.24, 2.45) is 0 Å². The number of benzene rings is 4. The molecule has 76 heavy (non-hydrogen) atoms. The summed E-state index contributed by atoms with van der Waals surface area (Å²) >= 11 is 0. The maximum absolute atomic E-state index is 12.9. The minimum Gasteiger partial charge on any atom is -0.507 e. The van der Waals surface area contributed by atoms with E-state index >= 15 is 0 Å². The number of rotatable bonds is 20. The highest BCUT2D eigenvalue weighted by Crippen LogP contribution is 2.56. The van der Waals surface area contributed by atoms with Crippen molar-refractivity contribution in [1.29, 1.82) is 0 Å². The van der Waals surface area contributed by atoms with Gasteiger partial charge in [-0.15, -0.1) is 0 Å². The molecule has 4 aromatic carbocycles. The van der Waals surface area contributed by atoms with Crippen molar-refractivity contribution in [3.63, 3.8) is 0 Å². The van der Waals surface area contributed by atoms with E-state index < -0.39 is 23.7 Å². The fourth-order valence-electron chi connectivity index (χ4n) is 12.8. The maximum atomic E-state index is 12.9. The molecule has 0 unspecified atom stereocenters. The molecule has 0 aliphatic heterocycles. The molecule has 8 N–H and O–H groups in total. The summed E-state index contributed by atoms with van der Waals surface area (Å²) in [6, 6.07) is 7.65. The summed E-state index contributed by atoms with van der Waals surface area (Å²) < 4.78 is 0. The van der Waals surface area contributed by atoms with Gasteiger partial charge < -0.3 is 40.9 Å². The topological polar surface area (TPSA) is 175 Å². The smallest absolute Gasteiger partial charge is 0.127 e. The lowest BCUT2D eigenvalue weighted by atomic mass is 9.75. The predicted molar refractivity (Wildman–Crippen MR) is 311 cm³/mol. The van der Waals surface area contributed by atoms with E-state index in [1.807, 2.05) is 52.0 Å². The summed E-state index contributed by atoms with van der Waals surface area (Å²) in [5, 5.41) is 103. The number of phenols is 8. The number of phenolic OH excluding ortho intramolecular Hbond substituents is 8. The lowest BCUT2D eigenvalue weighted by Crippen LogP contribution is -2.36. The summed E-state index contributed by atoms with van der Waals surface area (Å²) in [7, 11) is 0. The van der Waals surface area contributed by atoms with Crippen molar-refractivity contribution in [3.05, 3.63) is 91.0 Å². The number of nitrogens with zero attached hydrogens (tertiary/aromatic N) is 4. The highest BCUT2D eigenvalue weighted by Gasteiger charge is 2.38. The van der Waals surface area contributed by atoms with Crippen LogP contribution < -0.4 is 0 Å². The number of hydrogen-bond donors (Lipinski definition) is 8. The molecule has 4 aromatic rings. The van der Waals surface area contributed by atoms with Crippen LogP contribution in [-0.4, -0.2) is 109 Å². The van der Waals surface area contributed by atoms with Crippen LogP contribution in [0.1, 0.15) is 255 Å². The Morgan fingerprint density at radius 3 is 0.474 bits per heavy atom. The quantitative estimate of drug-likeness (QED) is 0.0421. The fraction of sp³-hybridized carbons (Fsp3) is 0.625. The van der Waals surface area contributed by atoms with Crippen molar-refractivity contribution in [2.45, 2.75) is 262 Å². The predicted octanol–water partition coefficient (Wildman–Crippen LogP) is 14.3. The van der Waals surface area contributed by atoms with Crippen LogP contribution in [0.25, 0.3) is 0 Å². The highest BCUT2D eigenvalue weighted by molar-refractivity contribution is 5.67. The summed E-state index contributed by atoms with van der Waals surface area (Å²) in [6.45, 7) is 42.2. The van der Waals surface area contributed by atoms with Gasteiger partial charge in [0, 0.05) is 143 Å². The van der Waals surface area contributed by atoms with Gasteiger partial charge in [0.25, 0.3) is 0 Å². The lowest BCUT2D eigenvalue weighted by molar-refractivity contribution is 0.162. The van der Waals surface area contributed by atoms with Crippen LogP contribution >= 0.6 is 0 Å². The van der Waals surface area contributed by atoms with Crippen LogP contribution in [0.4, 0.5) is 0 Å². The Labute approximate surface area is 458 Å². The number of hydrogen-bond acceptors (Lipinski definition) is 12. The molecule has 12 nitrogen and oxygen atoms in total.